The number of hydrogen-bond acceptors (Lipinski definition) is 5. The number of nitrogens with zero attached hydrogens (tertiary/aromatic N) is 1. The molecule has 2 rings (SSSR count). The second-order valence-electron chi connectivity index (χ2n) is 3.85. The number of halogens is 1. The van der Waals surface area contributed by atoms with Gasteiger partial charge < -0.3 is 16.2 Å². The lowest BCUT2D eigenvalue weighted by Gasteiger charge is -2.04. The first-order chi connectivity index (χ1) is 9.47. The predicted octanol–water partition coefficient (Wildman–Crippen LogP) is 1.49. The van der Waals surface area contributed by atoms with E-state index < -0.39 is 17.7 Å². The molecule has 8 heteroatoms. The Labute approximate surface area is 117 Å². The lowest BCUT2D eigenvalue weighted by Crippen LogP contribution is -2.23. The molecule has 20 heavy (non-hydrogen) atoms. The van der Waals surface area contributed by atoms with Crippen LogP contribution in [0.1, 0.15) is 25.9 Å². The van der Waals surface area contributed by atoms with Gasteiger partial charge in [-0.25, -0.2) is 14.2 Å². The first-order valence-electron chi connectivity index (χ1n) is 5.48. The van der Waals surface area contributed by atoms with Gasteiger partial charge in [-0.05, 0) is 18.2 Å². The Morgan fingerprint density at radius 2 is 2.20 bits per heavy atom. The number of nitrogen functional groups attached to an aromatic ring is 1. The molecule has 0 saturated carbocycles. The van der Waals surface area contributed by atoms with Crippen LogP contribution in [-0.2, 0) is 6.54 Å². The van der Waals surface area contributed by atoms with Crippen LogP contribution in [0.2, 0.25) is 0 Å². The van der Waals surface area contributed by atoms with Gasteiger partial charge in [-0.1, -0.05) is 0 Å². The molecule has 0 aliphatic carbocycles. The zero-order valence-electron chi connectivity index (χ0n) is 10.1. The Morgan fingerprint density at radius 1 is 1.45 bits per heavy atom. The van der Waals surface area contributed by atoms with Gasteiger partial charge in [0.1, 0.15) is 10.8 Å². The number of nitrogens with one attached hydrogen (secondary N) is 1. The highest BCUT2D eigenvalue weighted by Crippen LogP contribution is 2.13. The molecule has 0 atom stereocenters. The summed E-state index contributed by atoms with van der Waals surface area (Å²) in [6.07, 6.45) is 0. The highest BCUT2D eigenvalue weighted by molar-refractivity contribution is 7.09. The smallest absolute Gasteiger partial charge is 0.355 e. The number of nitrogens with two attached hydrogens (primary N) is 1. The van der Waals surface area contributed by atoms with Crippen LogP contribution in [0, 0.1) is 5.82 Å². The summed E-state index contributed by atoms with van der Waals surface area (Å²) in [4.78, 5) is 26.2. The molecule has 1 heterocycles. The van der Waals surface area contributed by atoms with Crippen molar-refractivity contribution in [2.45, 2.75) is 6.54 Å². The number of rotatable bonds is 4. The third kappa shape index (κ3) is 3.09. The summed E-state index contributed by atoms with van der Waals surface area (Å²) in [5.41, 5.74) is 5.34. The highest BCUT2D eigenvalue weighted by atomic mass is 32.1. The fourth-order valence-corrected chi connectivity index (χ4v) is 2.12. The molecule has 0 spiro atoms. The SMILES string of the molecule is Nc1ccc(C(=O)NCc2nc(C(=O)O)cs2)cc1F. The van der Waals surface area contributed by atoms with Crippen molar-refractivity contribution >= 4 is 28.9 Å². The molecule has 0 radical (unpaired) electrons. The van der Waals surface area contributed by atoms with Crippen LogP contribution >= 0.6 is 11.3 Å². The number of anilines is 1. The van der Waals surface area contributed by atoms with Gasteiger partial charge in [-0.15, -0.1) is 11.3 Å². The molecule has 0 bridgehead atoms. The number of carboxylic acids is 1. The van der Waals surface area contributed by atoms with Crippen LogP contribution in [-0.4, -0.2) is 22.0 Å². The molecule has 0 fully saturated rings. The van der Waals surface area contributed by atoms with Gasteiger partial charge in [0.2, 0.25) is 0 Å². The number of hydrogen-bond donors (Lipinski definition) is 3. The van der Waals surface area contributed by atoms with Crippen molar-refractivity contribution in [1.29, 1.82) is 0 Å². The molecular weight excluding hydrogens is 285 g/mol. The topological polar surface area (TPSA) is 105 Å². The Kier molecular flexibility index (Phi) is 3.94. The van der Waals surface area contributed by atoms with Gasteiger partial charge in [0.15, 0.2) is 5.69 Å². The molecule has 0 aliphatic rings. The average Bonchev–Trinajstić information content (AvgIpc) is 2.88. The van der Waals surface area contributed by atoms with Gasteiger partial charge in [-0.3, -0.25) is 4.79 Å². The fourth-order valence-electron chi connectivity index (χ4n) is 1.42. The summed E-state index contributed by atoms with van der Waals surface area (Å²) in [6, 6.07) is 3.74. The van der Waals surface area contributed by atoms with Crippen molar-refractivity contribution in [3.63, 3.8) is 0 Å². The van der Waals surface area contributed by atoms with Gasteiger partial charge in [-0.2, -0.15) is 0 Å². The monoisotopic (exact) mass is 295 g/mol. The van der Waals surface area contributed by atoms with Crippen molar-refractivity contribution in [3.8, 4) is 0 Å². The Bertz CT molecular complexity index is 672. The minimum atomic E-state index is -1.13. The van der Waals surface area contributed by atoms with Gasteiger partial charge in [0, 0.05) is 10.9 Å². The van der Waals surface area contributed by atoms with E-state index in [1.54, 1.807) is 0 Å². The summed E-state index contributed by atoms with van der Waals surface area (Å²) in [5.74, 6) is -2.28. The van der Waals surface area contributed by atoms with Crippen molar-refractivity contribution in [1.82, 2.24) is 10.3 Å². The zero-order chi connectivity index (χ0) is 14.7. The Morgan fingerprint density at radius 3 is 2.80 bits per heavy atom. The van der Waals surface area contributed by atoms with E-state index in [2.05, 4.69) is 10.3 Å². The van der Waals surface area contributed by atoms with Gasteiger partial charge in [0.05, 0.1) is 12.2 Å². The van der Waals surface area contributed by atoms with E-state index in [0.717, 1.165) is 17.4 Å². The maximum atomic E-state index is 13.2. The molecule has 2 aromatic rings. The maximum Gasteiger partial charge on any atom is 0.355 e. The van der Waals surface area contributed by atoms with Crippen LogP contribution in [0.3, 0.4) is 0 Å². The summed E-state index contributed by atoms with van der Waals surface area (Å²) < 4.78 is 13.2. The molecule has 1 aromatic heterocycles. The van der Waals surface area contributed by atoms with Crippen LogP contribution in [0.25, 0.3) is 0 Å². The van der Waals surface area contributed by atoms with Crippen LogP contribution in [0.4, 0.5) is 10.1 Å². The lowest BCUT2D eigenvalue weighted by molar-refractivity contribution is 0.0691. The van der Waals surface area contributed by atoms with Gasteiger partial charge >= 0.3 is 5.97 Å². The number of carbonyl (C=O) groups is 2. The third-order valence-electron chi connectivity index (χ3n) is 2.43. The van der Waals surface area contributed by atoms with E-state index in [4.69, 9.17) is 10.8 Å². The number of aromatic nitrogens is 1. The fraction of sp³-hybridized carbons (Fsp3) is 0.0833. The number of carboxylic acid groups (broad SMARTS) is 1. The van der Waals surface area contributed by atoms with E-state index in [-0.39, 0.29) is 23.5 Å². The average molecular weight is 295 g/mol. The zero-order valence-corrected chi connectivity index (χ0v) is 10.9. The van der Waals surface area contributed by atoms with Crippen LogP contribution in [0.5, 0.6) is 0 Å². The van der Waals surface area contributed by atoms with Crippen LogP contribution < -0.4 is 11.1 Å². The van der Waals surface area contributed by atoms with Crippen molar-refractivity contribution in [3.05, 3.63) is 45.7 Å². The first-order valence-corrected chi connectivity index (χ1v) is 6.36. The maximum absolute atomic E-state index is 13.2. The highest BCUT2D eigenvalue weighted by Gasteiger charge is 2.11. The standard InChI is InChI=1S/C12H10FN3O3S/c13-7-3-6(1-2-8(7)14)11(17)15-4-10-16-9(5-20-10)12(18)19/h1-3,5H,4,14H2,(H,15,17)(H,18,19). The first kappa shape index (κ1) is 13.9. The van der Waals surface area contributed by atoms with E-state index >= 15 is 0 Å². The molecule has 6 nitrogen and oxygen atoms in total. The molecule has 0 aliphatic heterocycles. The second kappa shape index (κ2) is 5.66. The predicted molar refractivity (Wildman–Crippen MR) is 71.1 cm³/mol. The molecule has 0 unspecified atom stereocenters. The minimum absolute atomic E-state index is 0.0347. The van der Waals surface area contributed by atoms with Crippen molar-refractivity contribution < 1.29 is 19.1 Å². The molecule has 1 aromatic carbocycles. The second-order valence-corrected chi connectivity index (χ2v) is 4.79. The van der Waals surface area contributed by atoms with Crippen LogP contribution in [0.15, 0.2) is 23.6 Å². The molecular formula is C12H10FN3O3S. The number of thiazole rings is 1. The van der Waals surface area contributed by atoms with Crippen molar-refractivity contribution in [2.24, 2.45) is 0 Å². The van der Waals surface area contributed by atoms with E-state index in [0.29, 0.717) is 5.01 Å². The van der Waals surface area contributed by atoms with E-state index in [1.807, 2.05) is 0 Å². The number of benzene rings is 1. The minimum Gasteiger partial charge on any atom is -0.476 e. The van der Waals surface area contributed by atoms with Gasteiger partial charge in [0.25, 0.3) is 5.91 Å². The lowest BCUT2D eigenvalue weighted by atomic mass is 10.2. The normalized spacial score (nSPS) is 10.2. The largest absolute Gasteiger partial charge is 0.476 e. The number of amides is 1. The number of aromatic carboxylic acids is 1. The van der Waals surface area contributed by atoms with Crippen molar-refractivity contribution in [2.75, 3.05) is 5.73 Å². The summed E-state index contributed by atoms with van der Waals surface area (Å²) in [5, 5.41) is 13.1. The summed E-state index contributed by atoms with van der Waals surface area (Å²) >= 11 is 1.12. The van der Waals surface area contributed by atoms with E-state index in [1.165, 1.54) is 17.5 Å². The Balaban J connectivity index is 2.00. The molecule has 4 N–H and O–H groups in total. The quantitative estimate of drug-likeness (QED) is 0.741. The molecule has 1 amide bonds. The summed E-state index contributed by atoms with van der Waals surface area (Å²) in [7, 11) is 0. The Hall–Kier alpha value is -2.48. The van der Waals surface area contributed by atoms with E-state index in [9.17, 15) is 14.0 Å². The number of carbonyl (C=O) groups excluding carboxylic acids is 1. The molecule has 0 saturated heterocycles. The summed E-state index contributed by atoms with van der Waals surface area (Å²) in [6.45, 7) is 0.0722. The molecule has 104 valence electrons. The third-order valence-corrected chi connectivity index (χ3v) is 3.28.